The predicted molar refractivity (Wildman–Crippen MR) is 89.8 cm³/mol. The third-order valence-electron chi connectivity index (χ3n) is 4.08. The van der Waals surface area contributed by atoms with Gasteiger partial charge in [0.1, 0.15) is 5.01 Å². The van der Waals surface area contributed by atoms with E-state index in [1.807, 2.05) is 23.1 Å². The van der Waals surface area contributed by atoms with Gasteiger partial charge in [-0.05, 0) is 31.0 Å². The molecule has 1 saturated heterocycles. The Labute approximate surface area is 136 Å². The fourth-order valence-electron chi connectivity index (χ4n) is 3.06. The SMILES string of the molecule is O=[N+]([O-])c1cccnc1N1CCCC1c1nc2ccccc2s1. The van der Waals surface area contributed by atoms with Gasteiger partial charge in [-0.3, -0.25) is 10.1 Å². The summed E-state index contributed by atoms with van der Waals surface area (Å²) >= 11 is 1.66. The molecule has 2 aromatic heterocycles. The van der Waals surface area contributed by atoms with Crippen molar-refractivity contribution in [1.82, 2.24) is 9.97 Å². The molecule has 0 radical (unpaired) electrons. The highest BCUT2D eigenvalue weighted by Gasteiger charge is 2.33. The zero-order chi connectivity index (χ0) is 15.8. The number of thiazole rings is 1. The van der Waals surface area contributed by atoms with Gasteiger partial charge in [-0.25, -0.2) is 9.97 Å². The third-order valence-corrected chi connectivity index (χ3v) is 5.22. The van der Waals surface area contributed by atoms with Crippen LogP contribution in [0.3, 0.4) is 0 Å². The van der Waals surface area contributed by atoms with E-state index in [1.54, 1.807) is 23.6 Å². The summed E-state index contributed by atoms with van der Waals surface area (Å²) in [6.07, 6.45) is 3.53. The van der Waals surface area contributed by atoms with E-state index in [2.05, 4.69) is 11.1 Å². The molecule has 0 bridgehead atoms. The first-order chi connectivity index (χ1) is 11.2. The lowest BCUT2D eigenvalue weighted by atomic mass is 10.2. The summed E-state index contributed by atoms with van der Waals surface area (Å²) in [5.74, 6) is 0.444. The molecule has 0 saturated carbocycles. The number of rotatable bonds is 3. The second-order valence-corrected chi connectivity index (χ2v) is 6.54. The lowest BCUT2D eigenvalue weighted by Gasteiger charge is -2.23. The highest BCUT2D eigenvalue weighted by Crippen LogP contribution is 2.41. The van der Waals surface area contributed by atoms with Crippen molar-refractivity contribution in [3.05, 3.63) is 57.7 Å². The lowest BCUT2D eigenvalue weighted by molar-refractivity contribution is -0.384. The van der Waals surface area contributed by atoms with Crippen LogP contribution in [0.1, 0.15) is 23.9 Å². The lowest BCUT2D eigenvalue weighted by Crippen LogP contribution is -2.24. The van der Waals surface area contributed by atoms with Crippen LogP contribution in [0, 0.1) is 10.1 Å². The van der Waals surface area contributed by atoms with E-state index in [0.717, 1.165) is 34.6 Å². The maximum Gasteiger partial charge on any atom is 0.311 e. The zero-order valence-corrected chi connectivity index (χ0v) is 13.1. The number of para-hydroxylation sites is 1. The number of fused-ring (bicyclic) bond motifs is 1. The van der Waals surface area contributed by atoms with Crippen LogP contribution in [0.25, 0.3) is 10.2 Å². The number of pyridine rings is 1. The van der Waals surface area contributed by atoms with E-state index >= 15 is 0 Å². The summed E-state index contributed by atoms with van der Waals surface area (Å²) in [4.78, 5) is 21.9. The monoisotopic (exact) mass is 326 g/mol. The molecule has 1 fully saturated rings. The van der Waals surface area contributed by atoms with Crippen LogP contribution in [-0.2, 0) is 0 Å². The van der Waals surface area contributed by atoms with Crippen LogP contribution in [0.2, 0.25) is 0 Å². The van der Waals surface area contributed by atoms with Gasteiger partial charge in [0.25, 0.3) is 0 Å². The summed E-state index contributed by atoms with van der Waals surface area (Å²) < 4.78 is 1.14. The Morgan fingerprint density at radius 3 is 2.96 bits per heavy atom. The van der Waals surface area contributed by atoms with Gasteiger partial charge in [0.05, 0.1) is 21.2 Å². The van der Waals surface area contributed by atoms with Crippen molar-refractivity contribution in [3.8, 4) is 0 Å². The fourth-order valence-corrected chi connectivity index (χ4v) is 4.18. The highest BCUT2D eigenvalue weighted by atomic mass is 32.1. The molecule has 3 aromatic rings. The van der Waals surface area contributed by atoms with Gasteiger partial charge < -0.3 is 4.90 Å². The van der Waals surface area contributed by atoms with Crippen molar-refractivity contribution >= 4 is 33.1 Å². The van der Waals surface area contributed by atoms with E-state index in [9.17, 15) is 10.1 Å². The Morgan fingerprint density at radius 1 is 1.26 bits per heavy atom. The van der Waals surface area contributed by atoms with Crippen LogP contribution in [0.5, 0.6) is 0 Å². The molecule has 7 heteroatoms. The second-order valence-electron chi connectivity index (χ2n) is 5.47. The smallest absolute Gasteiger partial charge is 0.311 e. The number of hydrogen-bond acceptors (Lipinski definition) is 6. The number of benzene rings is 1. The van der Waals surface area contributed by atoms with Crippen molar-refractivity contribution < 1.29 is 4.92 Å². The summed E-state index contributed by atoms with van der Waals surface area (Å²) in [7, 11) is 0. The predicted octanol–water partition coefficient (Wildman–Crippen LogP) is 3.94. The summed E-state index contributed by atoms with van der Waals surface area (Å²) in [6, 6.07) is 11.2. The van der Waals surface area contributed by atoms with E-state index in [-0.39, 0.29) is 16.7 Å². The molecule has 1 aliphatic heterocycles. The van der Waals surface area contributed by atoms with Crippen LogP contribution in [0.15, 0.2) is 42.6 Å². The van der Waals surface area contributed by atoms with Crippen molar-refractivity contribution in [3.63, 3.8) is 0 Å². The molecule has 1 aliphatic rings. The maximum atomic E-state index is 11.3. The number of anilines is 1. The number of nitrogens with zero attached hydrogens (tertiary/aromatic N) is 4. The molecule has 0 aliphatic carbocycles. The largest absolute Gasteiger partial charge is 0.341 e. The minimum atomic E-state index is -0.365. The van der Waals surface area contributed by atoms with Gasteiger partial charge in [-0.15, -0.1) is 11.3 Å². The van der Waals surface area contributed by atoms with Gasteiger partial charge >= 0.3 is 5.69 Å². The Morgan fingerprint density at radius 2 is 2.13 bits per heavy atom. The van der Waals surface area contributed by atoms with E-state index in [4.69, 9.17) is 4.98 Å². The molecular formula is C16H14N4O2S. The second kappa shape index (κ2) is 5.58. The quantitative estimate of drug-likeness (QED) is 0.538. The van der Waals surface area contributed by atoms with E-state index in [1.165, 1.54) is 6.07 Å². The molecule has 23 heavy (non-hydrogen) atoms. The molecule has 6 nitrogen and oxygen atoms in total. The van der Waals surface area contributed by atoms with Crippen LogP contribution >= 0.6 is 11.3 Å². The summed E-state index contributed by atoms with van der Waals surface area (Å²) in [6.45, 7) is 0.762. The summed E-state index contributed by atoms with van der Waals surface area (Å²) in [5, 5.41) is 12.3. The Kier molecular flexibility index (Phi) is 3.42. The number of nitro groups is 1. The summed E-state index contributed by atoms with van der Waals surface area (Å²) in [5.41, 5.74) is 1.04. The van der Waals surface area contributed by atoms with Gasteiger partial charge in [0.2, 0.25) is 5.82 Å². The molecule has 0 spiro atoms. The molecule has 3 heterocycles. The minimum absolute atomic E-state index is 0.0560. The number of aromatic nitrogens is 2. The first-order valence-corrected chi connectivity index (χ1v) is 8.27. The fraction of sp³-hybridized carbons (Fsp3) is 0.250. The average Bonchev–Trinajstić information content (AvgIpc) is 3.21. The van der Waals surface area contributed by atoms with Gasteiger partial charge in [0.15, 0.2) is 0 Å². The van der Waals surface area contributed by atoms with E-state index in [0.29, 0.717) is 5.82 Å². The molecular weight excluding hydrogens is 312 g/mol. The van der Waals surface area contributed by atoms with Gasteiger partial charge in [0, 0.05) is 18.8 Å². The van der Waals surface area contributed by atoms with Crippen LogP contribution < -0.4 is 4.90 Å². The Balaban J connectivity index is 1.76. The highest BCUT2D eigenvalue weighted by molar-refractivity contribution is 7.18. The van der Waals surface area contributed by atoms with Crippen molar-refractivity contribution in [1.29, 1.82) is 0 Å². The molecule has 1 aromatic carbocycles. The Bertz CT molecular complexity index is 846. The molecule has 4 rings (SSSR count). The van der Waals surface area contributed by atoms with Gasteiger partial charge in [-0.1, -0.05) is 12.1 Å². The van der Waals surface area contributed by atoms with Gasteiger partial charge in [-0.2, -0.15) is 0 Å². The normalized spacial score (nSPS) is 17.7. The van der Waals surface area contributed by atoms with Crippen LogP contribution in [0.4, 0.5) is 11.5 Å². The average molecular weight is 326 g/mol. The minimum Gasteiger partial charge on any atom is -0.341 e. The standard InChI is InChI=1S/C16H14N4O2S/c21-20(22)12-6-3-9-17-15(12)19-10-4-7-13(19)16-18-11-5-1-2-8-14(11)23-16/h1-3,5-6,8-9,13H,4,7,10H2. The molecule has 1 unspecified atom stereocenters. The van der Waals surface area contributed by atoms with E-state index < -0.39 is 0 Å². The van der Waals surface area contributed by atoms with Crippen molar-refractivity contribution in [2.24, 2.45) is 0 Å². The maximum absolute atomic E-state index is 11.3. The van der Waals surface area contributed by atoms with Crippen LogP contribution in [-0.4, -0.2) is 21.4 Å². The third kappa shape index (κ3) is 2.43. The number of hydrogen-bond donors (Lipinski definition) is 0. The first kappa shape index (κ1) is 14.1. The van der Waals surface area contributed by atoms with Crippen molar-refractivity contribution in [2.75, 3.05) is 11.4 Å². The first-order valence-electron chi connectivity index (χ1n) is 7.45. The Hall–Kier alpha value is -2.54. The molecule has 116 valence electrons. The molecule has 0 amide bonds. The molecule has 0 N–H and O–H groups in total. The van der Waals surface area contributed by atoms with Crippen molar-refractivity contribution in [2.45, 2.75) is 18.9 Å². The topological polar surface area (TPSA) is 72.2 Å². The zero-order valence-electron chi connectivity index (χ0n) is 12.3. The molecule has 1 atom stereocenters.